The average Bonchev–Trinajstić information content (AvgIpc) is 2.41. The molecule has 1 aromatic carbocycles. The Labute approximate surface area is 117 Å². The predicted molar refractivity (Wildman–Crippen MR) is 64.7 cm³/mol. The van der Waals surface area contributed by atoms with Crippen LogP contribution in [0.3, 0.4) is 0 Å². The molecule has 0 fully saturated rings. The Kier molecular flexibility index (Phi) is 5.69. The van der Waals surface area contributed by atoms with Crippen molar-refractivity contribution >= 4 is 11.9 Å². The van der Waals surface area contributed by atoms with Crippen molar-refractivity contribution in [2.75, 3.05) is 0 Å². The van der Waals surface area contributed by atoms with Gasteiger partial charge in [-0.3, -0.25) is 4.79 Å². The fourth-order valence-corrected chi connectivity index (χ4v) is 1.67. The number of carboxylic acid groups (broad SMARTS) is 1. The Bertz CT molecular complexity index is 537. The molecule has 1 atom stereocenters. The highest BCUT2D eigenvalue weighted by molar-refractivity contribution is 5.97. The zero-order chi connectivity index (χ0) is 16.2. The molecule has 0 bridgehead atoms. The summed E-state index contributed by atoms with van der Waals surface area (Å²) in [5.74, 6) is -10.1. The van der Waals surface area contributed by atoms with Crippen molar-refractivity contribution in [3.05, 3.63) is 34.9 Å². The van der Waals surface area contributed by atoms with Crippen LogP contribution in [0, 0.1) is 23.3 Å². The summed E-state index contributed by atoms with van der Waals surface area (Å²) in [6.07, 6.45) is 1.11. The molecule has 0 heterocycles. The van der Waals surface area contributed by atoms with Gasteiger partial charge in [-0.2, -0.15) is 0 Å². The Morgan fingerprint density at radius 1 is 1.19 bits per heavy atom. The maximum Gasteiger partial charge on any atom is 0.326 e. The maximum atomic E-state index is 13.4. The van der Waals surface area contributed by atoms with Gasteiger partial charge in [0.15, 0.2) is 23.3 Å². The summed E-state index contributed by atoms with van der Waals surface area (Å²) in [5.41, 5.74) is -1.48. The van der Waals surface area contributed by atoms with Gasteiger partial charge in [0.2, 0.25) is 0 Å². The van der Waals surface area contributed by atoms with E-state index >= 15 is 0 Å². The van der Waals surface area contributed by atoms with Crippen molar-refractivity contribution in [3.63, 3.8) is 0 Å². The molecule has 116 valence electrons. The largest absolute Gasteiger partial charge is 0.480 e. The number of carboxylic acids is 1. The molecule has 0 spiro atoms. The molecule has 0 aliphatic rings. The fraction of sp³-hybridized carbons (Fsp3) is 0.385. The Morgan fingerprint density at radius 3 is 2.14 bits per heavy atom. The lowest BCUT2D eigenvalue weighted by molar-refractivity contribution is -0.139. The van der Waals surface area contributed by atoms with Crippen LogP contribution in [0.5, 0.6) is 0 Å². The number of carbonyl (C=O) groups excluding carboxylic acids is 1. The molecule has 0 unspecified atom stereocenters. The zero-order valence-corrected chi connectivity index (χ0v) is 11.1. The van der Waals surface area contributed by atoms with Gasteiger partial charge in [0.1, 0.15) is 11.6 Å². The quantitative estimate of drug-likeness (QED) is 0.627. The number of amides is 1. The van der Waals surface area contributed by atoms with Crippen LogP contribution in [0.4, 0.5) is 17.6 Å². The lowest BCUT2D eigenvalue weighted by Crippen LogP contribution is -2.41. The number of unbranched alkanes of at least 4 members (excludes halogenated alkanes) is 1. The first kappa shape index (κ1) is 16.9. The number of aliphatic carboxylic acids is 1. The average molecular weight is 307 g/mol. The highest BCUT2D eigenvalue weighted by atomic mass is 19.2. The van der Waals surface area contributed by atoms with Gasteiger partial charge in [-0.1, -0.05) is 19.8 Å². The standard InChI is InChI=1S/C13H13F4NO3/c1-2-3-4-8(13(20)21)18-12(19)9-10(16)6(14)5-7(15)11(9)17/h5,8H,2-4H2,1H3,(H,18,19)(H,20,21)/t8-/m0/s1. The van der Waals surface area contributed by atoms with E-state index in [4.69, 9.17) is 5.11 Å². The predicted octanol–water partition coefficient (Wildman–Crippen LogP) is 2.62. The molecule has 0 aromatic heterocycles. The van der Waals surface area contributed by atoms with Crippen LogP contribution in [-0.2, 0) is 4.79 Å². The van der Waals surface area contributed by atoms with Gasteiger partial charge in [-0.15, -0.1) is 0 Å². The van der Waals surface area contributed by atoms with E-state index in [1.807, 2.05) is 5.32 Å². The van der Waals surface area contributed by atoms with Crippen molar-refractivity contribution in [1.29, 1.82) is 0 Å². The van der Waals surface area contributed by atoms with Gasteiger partial charge in [-0.25, -0.2) is 22.4 Å². The van der Waals surface area contributed by atoms with Gasteiger partial charge in [0.05, 0.1) is 0 Å². The van der Waals surface area contributed by atoms with Crippen LogP contribution in [-0.4, -0.2) is 23.0 Å². The molecule has 0 aliphatic carbocycles. The number of rotatable bonds is 6. The second-order valence-corrected chi connectivity index (χ2v) is 4.35. The van der Waals surface area contributed by atoms with E-state index in [1.165, 1.54) is 0 Å². The number of carbonyl (C=O) groups is 2. The van der Waals surface area contributed by atoms with E-state index in [-0.39, 0.29) is 12.5 Å². The van der Waals surface area contributed by atoms with Crippen LogP contribution >= 0.6 is 0 Å². The van der Waals surface area contributed by atoms with Crippen molar-refractivity contribution in [3.8, 4) is 0 Å². The Balaban J connectivity index is 3.06. The molecule has 2 N–H and O–H groups in total. The van der Waals surface area contributed by atoms with Gasteiger partial charge in [0.25, 0.3) is 5.91 Å². The topological polar surface area (TPSA) is 66.4 Å². The van der Waals surface area contributed by atoms with Crippen LogP contribution < -0.4 is 5.32 Å². The summed E-state index contributed by atoms with van der Waals surface area (Å²) in [4.78, 5) is 22.6. The molecule has 1 rings (SSSR count). The fourth-order valence-electron chi connectivity index (χ4n) is 1.67. The Hall–Kier alpha value is -2.12. The minimum absolute atomic E-state index is 0.0264. The van der Waals surface area contributed by atoms with E-state index in [2.05, 4.69) is 0 Å². The number of benzene rings is 1. The van der Waals surface area contributed by atoms with Crippen molar-refractivity contribution in [1.82, 2.24) is 5.32 Å². The molecule has 8 heteroatoms. The minimum atomic E-state index is -1.87. The number of nitrogens with one attached hydrogen (secondary N) is 1. The first-order valence-corrected chi connectivity index (χ1v) is 6.16. The van der Waals surface area contributed by atoms with Crippen molar-refractivity contribution < 1.29 is 32.3 Å². The molecule has 21 heavy (non-hydrogen) atoms. The van der Waals surface area contributed by atoms with Crippen LogP contribution in [0.25, 0.3) is 0 Å². The van der Waals surface area contributed by atoms with Gasteiger partial charge >= 0.3 is 5.97 Å². The SMILES string of the molecule is CCCC[C@H](NC(=O)c1c(F)c(F)cc(F)c1F)C(=O)O. The minimum Gasteiger partial charge on any atom is -0.480 e. The summed E-state index contributed by atoms with van der Waals surface area (Å²) in [6, 6.07) is -1.43. The summed E-state index contributed by atoms with van der Waals surface area (Å²) in [6.45, 7) is 1.78. The molecule has 1 amide bonds. The highest BCUT2D eigenvalue weighted by Crippen LogP contribution is 2.19. The molecular formula is C13H13F4NO3. The first-order valence-electron chi connectivity index (χ1n) is 6.16. The van der Waals surface area contributed by atoms with E-state index < -0.39 is 46.8 Å². The summed E-state index contributed by atoms with van der Waals surface area (Å²) in [5, 5.41) is 10.7. The van der Waals surface area contributed by atoms with Crippen LogP contribution in [0.15, 0.2) is 6.07 Å². The normalized spacial score (nSPS) is 12.0. The first-order chi connectivity index (χ1) is 9.79. The lowest BCUT2D eigenvalue weighted by Gasteiger charge is -2.15. The summed E-state index contributed by atoms with van der Waals surface area (Å²) < 4.78 is 52.8. The van der Waals surface area contributed by atoms with Crippen molar-refractivity contribution in [2.24, 2.45) is 0 Å². The Morgan fingerprint density at radius 2 is 1.71 bits per heavy atom. The second-order valence-electron chi connectivity index (χ2n) is 4.35. The van der Waals surface area contributed by atoms with Crippen LogP contribution in [0.2, 0.25) is 0 Å². The smallest absolute Gasteiger partial charge is 0.326 e. The molecule has 4 nitrogen and oxygen atoms in total. The van der Waals surface area contributed by atoms with Gasteiger partial charge < -0.3 is 10.4 Å². The molecule has 0 radical (unpaired) electrons. The monoisotopic (exact) mass is 307 g/mol. The second kappa shape index (κ2) is 7.05. The van der Waals surface area contributed by atoms with E-state index in [9.17, 15) is 27.2 Å². The third-order valence-electron chi connectivity index (χ3n) is 2.79. The summed E-state index contributed by atoms with van der Waals surface area (Å²) >= 11 is 0. The number of hydrogen-bond donors (Lipinski definition) is 2. The van der Waals surface area contributed by atoms with E-state index in [1.54, 1.807) is 6.92 Å². The van der Waals surface area contributed by atoms with E-state index in [0.717, 1.165) is 0 Å². The lowest BCUT2D eigenvalue weighted by atomic mass is 10.1. The highest BCUT2D eigenvalue weighted by Gasteiger charge is 2.28. The molecular weight excluding hydrogens is 294 g/mol. The third-order valence-corrected chi connectivity index (χ3v) is 2.79. The van der Waals surface area contributed by atoms with Crippen LogP contribution in [0.1, 0.15) is 36.5 Å². The third kappa shape index (κ3) is 3.93. The number of hydrogen-bond acceptors (Lipinski definition) is 2. The maximum absolute atomic E-state index is 13.4. The summed E-state index contributed by atoms with van der Waals surface area (Å²) in [7, 11) is 0. The van der Waals surface area contributed by atoms with Crippen molar-refractivity contribution in [2.45, 2.75) is 32.2 Å². The number of halogens is 4. The van der Waals surface area contributed by atoms with Gasteiger partial charge in [-0.05, 0) is 6.42 Å². The van der Waals surface area contributed by atoms with Gasteiger partial charge in [0, 0.05) is 6.07 Å². The zero-order valence-electron chi connectivity index (χ0n) is 11.1. The molecule has 1 aromatic rings. The molecule has 0 saturated heterocycles. The van der Waals surface area contributed by atoms with E-state index in [0.29, 0.717) is 12.8 Å². The molecule has 0 saturated carbocycles. The molecule has 0 aliphatic heterocycles.